The zero-order valence-corrected chi connectivity index (χ0v) is 7.06. The average molecular weight is 141 g/mol. The first kappa shape index (κ1) is 7.58. The van der Waals surface area contributed by atoms with Gasteiger partial charge in [-0.05, 0) is 19.8 Å². The maximum Gasteiger partial charge on any atom is 0.227 e. The van der Waals surface area contributed by atoms with E-state index in [9.17, 15) is 4.79 Å². The largest absolute Gasteiger partial charge is 0.352 e. The van der Waals surface area contributed by atoms with Gasteiger partial charge < -0.3 is 5.32 Å². The van der Waals surface area contributed by atoms with Crippen molar-refractivity contribution in [2.75, 3.05) is 0 Å². The maximum atomic E-state index is 11.0. The summed E-state index contributed by atoms with van der Waals surface area (Å²) in [5.74, 6) is 0.735. The molecular formula is C8H15NO. The Morgan fingerprint density at radius 1 is 1.50 bits per heavy atom. The third kappa shape index (κ3) is 0.825. The Hall–Kier alpha value is -0.530. The molecule has 0 saturated carbocycles. The van der Waals surface area contributed by atoms with Crippen LogP contribution in [0.3, 0.4) is 0 Å². The Bertz CT molecular complexity index is 161. The van der Waals surface area contributed by atoms with Crippen molar-refractivity contribution in [2.45, 2.75) is 33.7 Å². The molecule has 1 aliphatic heterocycles. The van der Waals surface area contributed by atoms with Crippen LogP contribution in [0.4, 0.5) is 0 Å². The van der Waals surface area contributed by atoms with Crippen molar-refractivity contribution in [3.63, 3.8) is 0 Å². The molecule has 1 heterocycles. The van der Waals surface area contributed by atoms with Crippen LogP contribution in [-0.2, 0) is 4.79 Å². The number of amides is 1. The van der Waals surface area contributed by atoms with Gasteiger partial charge in [-0.15, -0.1) is 0 Å². The summed E-state index contributed by atoms with van der Waals surface area (Å²) in [7, 11) is 0. The van der Waals surface area contributed by atoms with Crippen molar-refractivity contribution >= 4 is 5.91 Å². The third-order valence-corrected chi connectivity index (χ3v) is 2.32. The van der Waals surface area contributed by atoms with Crippen LogP contribution in [-0.4, -0.2) is 11.9 Å². The van der Waals surface area contributed by atoms with E-state index in [1.54, 1.807) is 0 Å². The Morgan fingerprint density at radius 3 is 2.10 bits per heavy atom. The number of carbonyl (C=O) groups is 1. The van der Waals surface area contributed by atoms with Gasteiger partial charge in [0, 0.05) is 6.04 Å². The summed E-state index contributed by atoms with van der Waals surface area (Å²) in [5, 5.41) is 2.89. The van der Waals surface area contributed by atoms with E-state index in [-0.39, 0.29) is 11.3 Å². The molecule has 10 heavy (non-hydrogen) atoms. The molecule has 1 fully saturated rings. The van der Waals surface area contributed by atoms with Crippen LogP contribution in [0.5, 0.6) is 0 Å². The highest BCUT2D eigenvalue weighted by molar-refractivity contribution is 5.89. The molecule has 0 spiro atoms. The van der Waals surface area contributed by atoms with Gasteiger partial charge in [0.25, 0.3) is 0 Å². The highest BCUT2D eigenvalue weighted by Crippen LogP contribution is 2.33. The van der Waals surface area contributed by atoms with Gasteiger partial charge in [0.05, 0.1) is 5.41 Å². The first-order valence-electron chi connectivity index (χ1n) is 3.77. The molecule has 1 N–H and O–H groups in total. The number of hydrogen-bond donors (Lipinski definition) is 1. The van der Waals surface area contributed by atoms with Crippen LogP contribution in [0, 0.1) is 11.3 Å². The van der Waals surface area contributed by atoms with Gasteiger partial charge >= 0.3 is 0 Å². The van der Waals surface area contributed by atoms with Crippen LogP contribution in [0.15, 0.2) is 0 Å². The maximum absolute atomic E-state index is 11.0. The second kappa shape index (κ2) is 1.97. The van der Waals surface area contributed by atoms with E-state index in [2.05, 4.69) is 19.2 Å². The lowest BCUT2D eigenvalue weighted by Gasteiger charge is -2.46. The standard InChI is InChI=1S/C8H15NO/c1-5(2)6-8(3,4)7(10)9-6/h5-6H,1-4H3,(H,9,10)/t6-/m0/s1. The van der Waals surface area contributed by atoms with E-state index in [0.717, 1.165) is 0 Å². The molecular weight excluding hydrogens is 126 g/mol. The molecule has 0 aromatic heterocycles. The third-order valence-electron chi connectivity index (χ3n) is 2.32. The van der Waals surface area contributed by atoms with Gasteiger partial charge in [0.15, 0.2) is 0 Å². The van der Waals surface area contributed by atoms with E-state index < -0.39 is 0 Å². The van der Waals surface area contributed by atoms with Crippen LogP contribution in [0.1, 0.15) is 27.7 Å². The van der Waals surface area contributed by atoms with Crippen LogP contribution < -0.4 is 5.32 Å². The molecule has 2 nitrogen and oxygen atoms in total. The molecule has 2 heteroatoms. The summed E-state index contributed by atoms with van der Waals surface area (Å²) < 4.78 is 0. The number of hydrogen-bond acceptors (Lipinski definition) is 1. The van der Waals surface area contributed by atoms with Gasteiger partial charge in [-0.1, -0.05) is 13.8 Å². The Balaban J connectivity index is 2.63. The normalized spacial score (nSPS) is 29.7. The molecule has 0 aromatic rings. The fraction of sp³-hybridized carbons (Fsp3) is 0.875. The van der Waals surface area contributed by atoms with Crippen molar-refractivity contribution in [1.29, 1.82) is 0 Å². The van der Waals surface area contributed by atoms with Gasteiger partial charge in [-0.25, -0.2) is 0 Å². The number of rotatable bonds is 1. The second-order valence-electron chi connectivity index (χ2n) is 3.92. The average Bonchev–Trinajstić information content (AvgIpc) is 1.82. The summed E-state index contributed by atoms with van der Waals surface area (Å²) in [6.07, 6.45) is 0. The number of nitrogens with one attached hydrogen (secondary N) is 1. The highest BCUT2D eigenvalue weighted by Gasteiger charge is 2.48. The molecule has 0 unspecified atom stereocenters. The summed E-state index contributed by atoms with van der Waals surface area (Å²) in [6.45, 7) is 8.25. The fourth-order valence-electron chi connectivity index (χ4n) is 1.57. The minimum absolute atomic E-state index is 0.131. The lowest BCUT2D eigenvalue weighted by molar-refractivity contribution is -0.144. The van der Waals surface area contributed by atoms with Gasteiger partial charge in [-0.2, -0.15) is 0 Å². The molecule has 1 amide bonds. The molecule has 1 saturated heterocycles. The van der Waals surface area contributed by atoms with Crippen LogP contribution >= 0.6 is 0 Å². The van der Waals surface area contributed by atoms with E-state index in [1.807, 2.05) is 13.8 Å². The summed E-state index contributed by atoms with van der Waals surface area (Å²) >= 11 is 0. The quantitative estimate of drug-likeness (QED) is 0.546. The van der Waals surface area contributed by atoms with Crippen LogP contribution in [0.25, 0.3) is 0 Å². The summed E-state index contributed by atoms with van der Waals surface area (Å²) in [4.78, 5) is 11.0. The van der Waals surface area contributed by atoms with Crippen molar-refractivity contribution in [1.82, 2.24) is 5.32 Å². The molecule has 0 bridgehead atoms. The number of β-lactam (4-membered cyclic amide) rings is 1. The molecule has 1 atom stereocenters. The van der Waals surface area contributed by atoms with E-state index >= 15 is 0 Å². The zero-order chi connectivity index (χ0) is 7.94. The highest BCUT2D eigenvalue weighted by atomic mass is 16.2. The molecule has 1 aliphatic rings. The first-order chi connectivity index (χ1) is 4.46. The summed E-state index contributed by atoms with van der Waals surface area (Å²) in [6, 6.07) is 0.375. The van der Waals surface area contributed by atoms with Gasteiger partial charge in [-0.3, -0.25) is 4.79 Å². The molecule has 0 aromatic carbocycles. The minimum Gasteiger partial charge on any atom is -0.352 e. The zero-order valence-electron chi connectivity index (χ0n) is 7.06. The van der Waals surface area contributed by atoms with Crippen molar-refractivity contribution in [2.24, 2.45) is 11.3 Å². The number of carbonyl (C=O) groups excluding carboxylic acids is 1. The lowest BCUT2D eigenvalue weighted by atomic mass is 9.71. The van der Waals surface area contributed by atoms with Gasteiger partial charge in [0.2, 0.25) is 5.91 Å². The van der Waals surface area contributed by atoms with Crippen molar-refractivity contribution < 1.29 is 4.79 Å². The van der Waals surface area contributed by atoms with Crippen molar-refractivity contribution in [3.8, 4) is 0 Å². The Labute approximate surface area is 62.0 Å². The van der Waals surface area contributed by atoms with E-state index in [4.69, 9.17) is 0 Å². The first-order valence-corrected chi connectivity index (χ1v) is 3.77. The smallest absolute Gasteiger partial charge is 0.227 e. The fourth-order valence-corrected chi connectivity index (χ4v) is 1.57. The van der Waals surface area contributed by atoms with Gasteiger partial charge in [0.1, 0.15) is 0 Å². The monoisotopic (exact) mass is 141 g/mol. The van der Waals surface area contributed by atoms with E-state index in [1.165, 1.54) is 0 Å². The summed E-state index contributed by atoms with van der Waals surface area (Å²) in [5.41, 5.74) is -0.131. The topological polar surface area (TPSA) is 29.1 Å². The molecule has 1 rings (SSSR count). The Morgan fingerprint density at radius 2 is 2.00 bits per heavy atom. The molecule has 58 valence electrons. The lowest BCUT2D eigenvalue weighted by Crippen LogP contribution is -2.66. The Kier molecular flexibility index (Phi) is 1.50. The molecule has 0 radical (unpaired) electrons. The van der Waals surface area contributed by atoms with Crippen LogP contribution in [0.2, 0.25) is 0 Å². The van der Waals surface area contributed by atoms with E-state index in [0.29, 0.717) is 12.0 Å². The predicted octanol–water partition coefficient (Wildman–Crippen LogP) is 1.17. The molecule has 0 aliphatic carbocycles. The minimum atomic E-state index is -0.131. The predicted molar refractivity (Wildman–Crippen MR) is 40.5 cm³/mol. The SMILES string of the molecule is CC(C)[C@@H]1NC(=O)C1(C)C. The van der Waals surface area contributed by atoms with Crippen molar-refractivity contribution in [3.05, 3.63) is 0 Å². The second-order valence-corrected chi connectivity index (χ2v) is 3.92.